The Labute approximate surface area is 157 Å². The number of esters is 2. The Morgan fingerprint density at radius 3 is 2.41 bits per heavy atom. The van der Waals surface area contributed by atoms with E-state index in [0.717, 1.165) is 0 Å². The monoisotopic (exact) mass is 376 g/mol. The van der Waals surface area contributed by atoms with Crippen molar-refractivity contribution in [2.45, 2.75) is 39.7 Å². The van der Waals surface area contributed by atoms with E-state index in [1.165, 1.54) is 6.07 Å². The average molecular weight is 376 g/mol. The van der Waals surface area contributed by atoms with Crippen molar-refractivity contribution in [2.24, 2.45) is 5.92 Å². The molecule has 0 amide bonds. The normalized spacial score (nSPS) is 22.0. The van der Waals surface area contributed by atoms with Crippen LogP contribution in [0.5, 0.6) is 0 Å². The first kappa shape index (κ1) is 20.4. The van der Waals surface area contributed by atoms with Crippen LogP contribution in [0.4, 0.5) is 5.69 Å². The van der Waals surface area contributed by atoms with Crippen molar-refractivity contribution >= 4 is 17.6 Å². The zero-order valence-electron chi connectivity index (χ0n) is 15.9. The van der Waals surface area contributed by atoms with Gasteiger partial charge in [-0.2, -0.15) is 0 Å². The van der Waals surface area contributed by atoms with E-state index in [1.54, 1.807) is 45.9 Å². The number of hydrogen-bond donors (Lipinski definition) is 1. The van der Waals surface area contributed by atoms with Gasteiger partial charge in [0.1, 0.15) is 0 Å². The van der Waals surface area contributed by atoms with Gasteiger partial charge in [0, 0.05) is 29.3 Å². The van der Waals surface area contributed by atoms with Crippen molar-refractivity contribution < 1.29 is 24.0 Å². The summed E-state index contributed by atoms with van der Waals surface area (Å²) in [5.41, 5.74) is 0.878. The summed E-state index contributed by atoms with van der Waals surface area (Å²) in [7, 11) is 0. The van der Waals surface area contributed by atoms with Gasteiger partial charge in [0.2, 0.25) is 0 Å². The van der Waals surface area contributed by atoms with Gasteiger partial charge in [0.25, 0.3) is 5.69 Å². The predicted octanol–water partition coefficient (Wildman–Crippen LogP) is 2.69. The highest BCUT2D eigenvalue weighted by molar-refractivity contribution is 5.93. The van der Waals surface area contributed by atoms with E-state index in [4.69, 9.17) is 9.47 Å². The zero-order valence-corrected chi connectivity index (χ0v) is 15.9. The number of hydrogen-bond acceptors (Lipinski definition) is 7. The number of nitro benzene ring substituents is 1. The largest absolute Gasteiger partial charge is 0.466 e. The summed E-state index contributed by atoms with van der Waals surface area (Å²) in [6.45, 7) is 7.17. The summed E-state index contributed by atoms with van der Waals surface area (Å²) in [6, 6.07) is 5.75. The standard InChI is InChI=1S/C19H24N2O6/c1-5-26-18(22)15-11(3)20-12(4)16(19(23)27-6-2)17(15)13-9-7-8-10-14(13)21(24)25/h7-11,15,17,20H,5-6H2,1-4H3. The molecule has 0 spiro atoms. The van der Waals surface area contributed by atoms with Gasteiger partial charge >= 0.3 is 11.9 Å². The summed E-state index contributed by atoms with van der Waals surface area (Å²) in [4.78, 5) is 36.4. The second kappa shape index (κ2) is 8.66. The molecule has 1 aromatic carbocycles. The van der Waals surface area contributed by atoms with Gasteiger partial charge in [-0.1, -0.05) is 18.2 Å². The predicted molar refractivity (Wildman–Crippen MR) is 97.9 cm³/mol. The van der Waals surface area contributed by atoms with Crippen LogP contribution >= 0.6 is 0 Å². The minimum atomic E-state index is -0.846. The molecule has 8 heteroatoms. The number of ether oxygens (including phenoxy) is 2. The van der Waals surface area contributed by atoms with E-state index >= 15 is 0 Å². The lowest BCUT2D eigenvalue weighted by atomic mass is 9.73. The molecule has 2 rings (SSSR count). The van der Waals surface area contributed by atoms with Gasteiger partial charge in [-0.3, -0.25) is 14.9 Å². The van der Waals surface area contributed by atoms with E-state index in [1.807, 2.05) is 0 Å². The Bertz CT molecular complexity index is 773. The van der Waals surface area contributed by atoms with Gasteiger partial charge in [-0.25, -0.2) is 4.79 Å². The van der Waals surface area contributed by atoms with Crippen molar-refractivity contribution in [1.82, 2.24) is 5.32 Å². The van der Waals surface area contributed by atoms with Crippen LogP contribution in [0.2, 0.25) is 0 Å². The van der Waals surface area contributed by atoms with E-state index < -0.39 is 28.7 Å². The highest BCUT2D eigenvalue weighted by atomic mass is 16.6. The number of para-hydroxylation sites is 1. The van der Waals surface area contributed by atoms with Gasteiger partial charge in [0.05, 0.1) is 29.6 Å². The molecule has 0 saturated heterocycles. The second-order valence-electron chi connectivity index (χ2n) is 6.26. The lowest BCUT2D eigenvalue weighted by Crippen LogP contribution is -2.47. The fourth-order valence-corrected chi connectivity index (χ4v) is 3.54. The SMILES string of the molecule is CCOC(=O)C1=C(C)NC(C)C(C(=O)OCC)C1c1ccccc1[N+](=O)[O-]. The third-order valence-electron chi connectivity index (χ3n) is 4.58. The van der Waals surface area contributed by atoms with Crippen molar-refractivity contribution in [3.63, 3.8) is 0 Å². The molecule has 1 aromatic rings. The van der Waals surface area contributed by atoms with Crippen LogP contribution in [0, 0.1) is 16.0 Å². The van der Waals surface area contributed by atoms with Crippen molar-refractivity contribution in [1.29, 1.82) is 0 Å². The Balaban J connectivity index is 2.71. The van der Waals surface area contributed by atoms with Crippen LogP contribution in [0.25, 0.3) is 0 Å². The van der Waals surface area contributed by atoms with Gasteiger partial charge in [-0.05, 0) is 27.7 Å². The maximum absolute atomic E-state index is 12.7. The van der Waals surface area contributed by atoms with Crippen LogP contribution in [-0.4, -0.2) is 36.1 Å². The Morgan fingerprint density at radius 2 is 1.81 bits per heavy atom. The summed E-state index contributed by atoms with van der Waals surface area (Å²) < 4.78 is 10.4. The van der Waals surface area contributed by atoms with Gasteiger partial charge < -0.3 is 14.8 Å². The van der Waals surface area contributed by atoms with Crippen LogP contribution in [0.15, 0.2) is 35.5 Å². The van der Waals surface area contributed by atoms with Crippen molar-refractivity contribution in [3.05, 3.63) is 51.2 Å². The number of carbonyl (C=O) groups excluding carboxylic acids is 2. The van der Waals surface area contributed by atoms with Gasteiger partial charge in [0.15, 0.2) is 0 Å². The van der Waals surface area contributed by atoms with Crippen molar-refractivity contribution in [3.8, 4) is 0 Å². The number of nitrogens with zero attached hydrogens (tertiary/aromatic N) is 1. The minimum absolute atomic E-state index is 0.152. The molecule has 1 N–H and O–H groups in total. The van der Waals surface area contributed by atoms with Crippen LogP contribution in [-0.2, 0) is 19.1 Å². The first-order chi connectivity index (χ1) is 12.8. The molecule has 1 aliphatic heterocycles. The lowest BCUT2D eigenvalue weighted by Gasteiger charge is -2.37. The molecule has 0 radical (unpaired) electrons. The third kappa shape index (κ3) is 4.10. The molecule has 0 bridgehead atoms. The van der Waals surface area contributed by atoms with Crippen molar-refractivity contribution in [2.75, 3.05) is 13.2 Å². The summed E-state index contributed by atoms with van der Waals surface area (Å²) in [5, 5.41) is 14.7. The molecule has 0 saturated carbocycles. The maximum atomic E-state index is 12.7. The van der Waals surface area contributed by atoms with Gasteiger partial charge in [-0.15, -0.1) is 0 Å². The molecule has 3 atom stereocenters. The van der Waals surface area contributed by atoms with E-state index in [0.29, 0.717) is 5.70 Å². The summed E-state index contributed by atoms with van der Waals surface area (Å²) >= 11 is 0. The Kier molecular flexibility index (Phi) is 6.55. The molecule has 27 heavy (non-hydrogen) atoms. The number of allylic oxidation sites excluding steroid dienone is 1. The number of rotatable bonds is 6. The highest BCUT2D eigenvalue weighted by Crippen LogP contribution is 2.43. The summed E-state index contributed by atoms with van der Waals surface area (Å²) in [5.74, 6) is -2.78. The van der Waals surface area contributed by atoms with Crippen LogP contribution in [0.1, 0.15) is 39.2 Å². The molecule has 8 nitrogen and oxygen atoms in total. The first-order valence-electron chi connectivity index (χ1n) is 8.87. The molecular formula is C19H24N2O6. The van der Waals surface area contributed by atoms with Crippen LogP contribution < -0.4 is 5.32 Å². The lowest BCUT2D eigenvalue weighted by molar-refractivity contribution is -0.385. The maximum Gasteiger partial charge on any atom is 0.336 e. The highest BCUT2D eigenvalue weighted by Gasteiger charge is 2.46. The number of carbonyl (C=O) groups is 2. The average Bonchev–Trinajstić information content (AvgIpc) is 2.61. The fraction of sp³-hybridized carbons (Fsp3) is 0.474. The van der Waals surface area contributed by atoms with E-state index in [-0.39, 0.29) is 36.1 Å². The number of nitrogens with one attached hydrogen (secondary N) is 1. The molecule has 0 aliphatic carbocycles. The number of nitro groups is 1. The Morgan fingerprint density at radius 1 is 1.19 bits per heavy atom. The summed E-state index contributed by atoms with van der Waals surface area (Å²) in [6.07, 6.45) is 0. The molecule has 1 heterocycles. The molecule has 0 aromatic heterocycles. The molecule has 3 unspecified atom stereocenters. The topological polar surface area (TPSA) is 108 Å². The molecular weight excluding hydrogens is 352 g/mol. The zero-order chi connectivity index (χ0) is 20.1. The minimum Gasteiger partial charge on any atom is -0.466 e. The third-order valence-corrected chi connectivity index (χ3v) is 4.58. The van der Waals surface area contributed by atoms with E-state index in [9.17, 15) is 19.7 Å². The Hall–Kier alpha value is -2.90. The first-order valence-corrected chi connectivity index (χ1v) is 8.87. The number of benzene rings is 1. The molecule has 1 aliphatic rings. The van der Waals surface area contributed by atoms with E-state index in [2.05, 4.69) is 5.32 Å². The van der Waals surface area contributed by atoms with Crippen LogP contribution in [0.3, 0.4) is 0 Å². The fourth-order valence-electron chi connectivity index (χ4n) is 3.54. The smallest absolute Gasteiger partial charge is 0.336 e. The molecule has 0 fully saturated rings. The second-order valence-corrected chi connectivity index (χ2v) is 6.26. The molecule has 146 valence electrons. The quantitative estimate of drug-likeness (QED) is 0.462.